The second-order valence-corrected chi connectivity index (χ2v) is 3.02. The van der Waals surface area contributed by atoms with E-state index in [-0.39, 0.29) is 18.4 Å². The molecule has 1 aliphatic rings. The summed E-state index contributed by atoms with van der Waals surface area (Å²) < 4.78 is 4.98. The van der Waals surface area contributed by atoms with Gasteiger partial charge in [-0.05, 0) is 6.92 Å². The van der Waals surface area contributed by atoms with Crippen LogP contribution in [0, 0.1) is 5.92 Å². The predicted molar refractivity (Wildman–Crippen MR) is 48.2 cm³/mol. The van der Waals surface area contributed by atoms with Gasteiger partial charge in [0.2, 0.25) is 5.91 Å². The number of carbonyl (C=O) groups excluding carboxylic acids is 1. The summed E-state index contributed by atoms with van der Waals surface area (Å²) in [5, 5.41) is 11.1. The van der Waals surface area contributed by atoms with Gasteiger partial charge in [0.1, 0.15) is 0 Å². The third kappa shape index (κ3) is 3.57. The molecule has 1 aliphatic carbocycles. The van der Waals surface area contributed by atoms with Crippen molar-refractivity contribution >= 4 is 5.91 Å². The molecule has 0 fully saturated rings. The van der Waals surface area contributed by atoms with Crippen LogP contribution in [0.4, 0.5) is 0 Å². The van der Waals surface area contributed by atoms with Crippen molar-refractivity contribution in [2.45, 2.75) is 6.92 Å². The summed E-state index contributed by atoms with van der Waals surface area (Å²) in [6.45, 7) is 3.26. The van der Waals surface area contributed by atoms with Crippen LogP contribution in [0.15, 0.2) is 11.6 Å². The minimum Gasteiger partial charge on any atom is -0.394 e. The van der Waals surface area contributed by atoms with E-state index in [1.54, 1.807) is 0 Å². The monoisotopic (exact) mass is 185 g/mol. The maximum Gasteiger partial charge on any atom is 0.231 e. The van der Waals surface area contributed by atoms with Gasteiger partial charge in [-0.25, -0.2) is 0 Å². The minimum atomic E-state index is 0.0250. The first-order valence-electron chi connectivity index (χ1n) is 4.40. The number of aliphatic hydroxyl groups excluding tert-OH is 1. The zero-order valence-corrected chi connectivity index (χ0v) is 7.75. The Balaban J connectivity index is 1.91. The topological polar surface area (TPSA) is 58.6 Å². The lowest BCUT2D eigenvalue weighted by molar-refractivity contribution is -0.122. The highest BCUT2D eigenvalue weighted by molar-refractivity contribution is 5.87. The molecule has 0 aromatic carbocycles. The lowest BCUT2D eigenvalue weighted by Crippen LogP contribution is -2.29. The summed E-state index contributed by atoms with van der Waals surface area (Å²) in [5.74, 6) is 0.0722. The Morgan fingerprint density at radius 2 is 2.38 bits per heavy atom. The normalized spacial score (nSPS) is 19.5. The highest BCUT2D eigenvalue weighted by Crippen LogP contribution is 2.27. The Hall–Kier alpha value is -0.870. The number of hydrogen-bond donors (Lipinski definition) is 2. The molecule has 0 aromatic heterocycles. The summed E-state index contributed by atoms with van der Waals surface area (Å²) in [6.07, 6.45) is 1.92. The standard InChI is InChI=1S/C9H15NO3/c1-7-6-8(7)9(12)10-2-4-13-5-3-11/h6,8,11H,2-5H2,1H3,(H,10,12). The van der Waals surface area contributed by atoms with Gasteiger partial charge >= 0.3 is 0 Å². The predicted octanol–water partition coefficient (Wildman–Crippen LogP) is -0.312. The van der Waals surface area contributed by atoms with Crippen LogP contribution in [-0.2, 0) is 9.53 Å². The van der Waals surface area contributed by atoms with Gasteiger partial charge in [-0.15, -0.1) is 0 Å². The molecule has 0 heterocycles. The van der Waals surface area contributed by atoms with Gasteiger partial charge in [-0.1, -0.05) is 11.6 Å². The zero-order chi connectivity index (χ0) is 9.68. The molecule has 13 heavy (non-hydrogen) atoms. The molecule has 1 atom stereocenters. The number of aliphatic hydroxyl groups is 1. The first-order valence-corrected chi connectivity index (χ1v) is 4.40. The average molecular weight is 185 g/mol. The molecular weight excluding hydrogens is 170 g/mol. The Labute approximate surface area is 77.6 Å². The molecule has 4 heteroatoms. The van der Waals surface area contributed by atoms with E-state index in [1.807, 2.05) is 13.0 Å². The van der Waals surface area contributed by atoms with Crippen molar-refractivity contribution in [1.29, 1.82) is 0 Å². The van der Waals surface area contributed by atoms with Crippen LogP contribution in [0.1, 0.15) is 6.92 Å². The number of nitrogens with one attached hydrogen (secondary N) is 1. The molecular formula is C9H15NO3. The van der Waals surface area contributed by atoms with Gasteiger partial charge in [0.15, 0.2) is 0 Å². The third-order valence-corrected chi connectivity index (χ3v) is 1.87. The van der Waals surface area contributed by atoms with Crippen LogP contribution in [0.25, 0.3) is 0 Å². The Morgan fingerprint density at radius 1 is 1.69 bits per heavy atom. The van der Waals surface area contributed by atoms with Crippen LogP contribution in [0.3, 0.4) is 0 Å². The molecule has 1 unspecified atom stereocenters. The third-order valence-electron chi connectivity index (χ3n) is 1.87. The molecule has 0 spiro atoms. The van der Waals surface area contributed by atoms with E-state index in [2.05, 4.69) is 5.32 Å². The van der Waals surface area contributed by atoms with Crippen molar-refractivity contribution in [1.82, 2.24) is 5.32 Å². The second kappa shape index (κ2) is 4.99. The molecule has 1 rings (SSSR count). The highest BCUT2D eigenvalue weighted by atomic mass is 16.5. The van der Waals surface area contributed by atoms with Crippen LogP contribution < -0.4 is 5.32 Å². The molecule has 0 aliphatic heterocycles. The van der Waals surface area contributed by atoms with Crippen molar-refractivity contribution in [3.8, 4) is 0 Å². The Bertz CT molecular complexity index is 213. The number of carbonyl (C=O) groups is 1. The van der Waals surface area contributed by atoms with Crippen molar-refractivity contribution < 1.29 is 14.6 Å². The smallest absolute Gasteiger partial charge is 0.231 e. The lowest BCUT2D eigenvalue weighted by Gasteiger charge is -2.04. The molecule has 2 N–H and O–H groups in total. The van der Waals surface area contributed by atoms with Crippen LogP contribution >= 0.6 is 0 Å². The fraction of sp³-hybridized carbons (Fsp3) is 0.667. The molecule has 0 bridgehead atoms. The van der Waals surface area contributed by atoms with E-state index >= 15 is 0 Å². The van der Waals surface area contributed by atoms with Gasteiger partial charge in [0.25, 0.3) is 0 Å². The number of hydrogen-bond acceptors (Lipinski definition) is 3. The van der Waals surface area contributed by atoms with Gasteiger partial charge < -0.3 is 15.2 Å². The number of amides is 1. The summed E-state index contributed by atoms with van der Waals surface area (Å²) in [4.78, 5) is 11.2. The molecule has 0 aromatic rings. The summed E-state index contributed by atoms with van der Waals surface area (Å²) in [7, 11) is 0. The molecule has 0 saturated carbocycles. The lowest BCUT2D eigenvalue weighted by atomic mass is 10.3. The molecule has 1 amide bonds. The van der Waals surface area contributed by atoms with E-state index in [0.29, 0.717) is 19.8 Å². The molecule has 74 valence electrons. The van der Waals surface area contributed by atoms with Crippen molar-refractivity contribution in [3.63, 3.8) is 0 Å². The highest BCUT2D eigenvalue weighted by Gasteiger charge is 2.27. The van der Waals surface area contributed by atoms with E-state index in [1.165, 1.54) is 0 Å². The average Bonchev–Trinajstić information content (AvgIpc) is 2.82. The van der Waals surface area contributed by atoms with Gasteiger partial charge in [-0.2, -0.15) is 0 Å². The van der Waals surface area contributed by atoms with Gasteiger partial charge in [0.05, 0.1) is 25.7 Å². The van der Waals surface area contributed by atoms with Gasteiger partial charge in [-0.3, -0.25) is 4.79 Å². The Kier molecular flexibility index (Phi) is 3.92. The maximum absolute atomic E-state index is 11.2. The largest absolute Gasteiger partial charge is 0.394 e. The van der Waals surface area contributed by atoms with E-state index in [0.717, 1.165) is 5.57 Å². The Morgan fingerprint density at radius 3 is 2.92 bits per heavy atom. The van der Waals surface area contributed by atoms with E-state index in [4.69, 9.17) is 9.84 Å². The van der Waals surface area contributed by atoms with Crippen LogP contribution in [0.5, 0.6) is 0 Å². The number of ether oxygens (including phenoxy) is 1. The van der Waals surface area contributed by atoms with Gasteiger partial charge in [0, 0.05) is 6.54 Å². The van der Waals surface area contributed by atoms with E-state index < -0.39 is 0 Å². The van der Waals surface area contributed by atoms with Crippen molar-refractivity contribution in [2.24, 2.45) is 5.92 Å². The maximum atomic E-state index is 11.2. The fourth-order valence-corrected chi connectivity index (χ4v) is 1.02. The zero-order valence-electron chi connectivity index (χ0n) is 7.75. The fourth-order valence-electron chi connectivity index (χ4n) is 1.02. The number of rotatable bonds is 6. The molecule has 0 saturated heterocycles. The summed E-state index contributed by atoms with van der Waals surface area (Å²) in [6, 6.07) is 0. The summed E-state index contributed by atoms with van der Waals surface area (Å²) >= 11 is 0. The van der Waals surface area contributed by atoms with Crippen LogP contribution in [-0.4, -0.2) is 37.4 Å². The first kappa shape index (κ1) is 10.2. The first-order chi connectivity index (χ1) is 6.25. The molecule has 0 radical (unpaired) electrons. The minimum absolute atomic E-state index is 0.0250. The molecule has 4 nitrogen and oxygen atoms in total. The van der Waals surface area contributed by atoms with Crippen molar-refractivity contribution in [2.75, 3.05) is 26.4 Å². The quantitative estimate of drug-likeness (QED) is 0.441. The van der Waals surface area contributed by atoms with Crippen molar-refractivity contribution in [3.05, 3.63) is 11.6 Å². The second-order valence-electron chi connectivity index (χ2n) is 3.02. The SMILES string of the molecule is CC1=CC1C(=O)NCCOCCO. The van der Waals surface area contributed by atoms with E-state index in [9.17, 15) is 4.79 Å². The summed E-state index contributed by atoms with van der Waals surface area (Å²) in [5.41, 5.74) is 1.13. The van der Waals surface area contributed by atoms with Crippen LogP contribution in [0.2, 0.25) is 0 Å².